The number of aliphatic hydroxyl groups is 1. The average molecular weight is 239 g/mol. The van der Waals surface area contributed by atoms with E-state index in [-0.39, 0.29) is 5.82 Å². The average Bonchev–Trinajstić information content (AvgIpc) is 2.28. The largest absolute Gasteiger partial charge is 0.389 e. The first kappa shape index (κ1) is 14.0. The highest BCUT2D eigenvalue weighted by molar-refractivity contribution is 5.48. The Balaban J connectivity index is 2.84. The zero-order valence-corrected chi connectivity index (χ0v) is 11.1. The van der Waals surface area contributed by atoms with E-state index in [0.29, 0.717) is 17.2 Å². The number of hydrogen-bond donors (Lipinski definition) is 1. The molecule has 2 nitrogen and oxygen atoms in total. The lowest BCUT2D eigenvalue weighted by molar-refractivity contribution is 0.199. The summed E-state index contributed by atoms with van der Waals surface area (Å²) in [6, 6.07) is 4.92. The molecule has 0 fully saturated rings. The van der Waals surface area contributed by atoms with Crippen LogP contribution < -0.4 is 4.90 Å². The van der Waals surface area contributed by atoms with Gasteiger partial charge in [-0.25, -0.2) is 4.39 Å². The summed E-state index contributed by atoms with van der Waals surface area (Å²) in [5.74, 6) is 0.269. The first-order valence-electron chi connectivity index (χ1n) is 6.14. The highest BCUT2D eigenvalue weighted by atomic mass is 19.1. The number of rotatable bonds is 5. The Bertz CT molecular complexity index is 365. The summed E-state index contributed by atoms with van der Waals surface area (Å²) in [5, 5.41) is 9.38. The zero-order valence-electron chi connectivity index (χ0n) is 11.1. The number of nitrogens with zero attached hydrogens (tertiary/aromatic N) is 1. The Kier molecular flexibility index (Phi) is 4.94. The highest BCUT2D eigenvalue weighted by Gasteiger charge is 2.12. The molecule has 0 saturated carbocycles. The van der Waals surface area contributed by atoms with E-state index >= 15 is 0 Å². The van der Waals surface area contributed by atoms with E-state index in [1.165, 1.54) is 6.07 Å². The van der Waals surface area contributed by atoms with Gasteiger partial charge in [-0.3, -0.25) is 0 Å². The van der Waals surface area contributed by atoms with Crippen molar-refractivity contribution in [2.75, 3.05) is 18.5 Å². The van der Waals surface area contributed by atoms with Gasteiger partial charge in [0.25, 0.3) is 0 Å². The van der Waals surface area contributed by atoms with Crippen LogP contribution in [0, 0.1) is 11.7 Å². The van der Waals surface area contributed by atoms with E-state index in [9.17, 15) is 9.50 Å². The predicted octanol–water partition coefficient (Wildman–Crippen LogP) is 3.36. The lowest BCUT2D eigenvalue weighted by Crippen LogP contribution is -2.24. The van der Waals surface area contributed by atoms with Crippen molar-refractivity contribution in [1.29, 1.82) is 0 Å². The molecule has 0 radical (unpaired) electrons. The van der Waals surface area contributed by atoms with Crippen LogP contribution in [0.5, 0.6) is 0 Å². The molecule has 1 aromatic carbocycles. The molecule has 0 heterocycles. The molecule has 0 aliphatic carbocycles. The van der Waals surface area contributed by atoms with Crippen molar-refractivity contribution in [2.24, 2.45) is 5.92 Å². The minimum absolute atomic E-state index is 0.269. The summed E-state index contributed by atoms with van der Waals surface area (Å²) in [7, 11) is 1.90. The topological polar surface area (TPSA) is 23.5 Å². The van der Waals surface area contributed by atoms with E-state index in [4.69, 9.17) is 0 Å². The molecule has 0 saturated heterocycles. The fourth-order valence-electron chi connectivity index (χ4n) is 1.79. The van der Waals surface area contributed by atoms with E-state index in [1.54, 1.807) is 19.1 Å². The van der Waals surface area contributed by atoms with E-state index in [2.05, 4.69) is 13.8 Å². The van der Waals surface area contributed by atoms with Crippen molar-refractivity contribution >= 4 is 5.69 Å². The van der Waals surface area contributed by atoms with Gasteiger partial charge in [0.2, 0.25) is 0 Å². The first-order valence-corrected chi connectivity index (χ1v) is 6.14. The van der Waals surface area contributed by atoms with Gasteiger partial charge in [-0.05, 0) is 30.5 Å². The Morgan fingerprint density at radius 1 is 1.35 bits per heavy atom. The van der Waals surface area contributed by atoms with Crippen LogP contribution in [0.1, 0.15) is 38.9 Å². The second-order valence-electron chi connectivity index (χ2n) is 4.78. The Hall–Kier alpha value is -1.09. The van der Waals surface area contributed by atoms with Crippen LogP contribution in [-0.2, 0) is 0 Å². The van der Waals surface area contributed by atoms with Crippen molar-refractivity contribution in [3.63, 3.8) is 0 Å². The molecule has 0 bridgehead atoms. The minimum atomic E-state index is -0.626. The van der Waals surface area contributed by atoms with Crippen molar-refractivity contribution in [2.45, 2.75) is 33.3 Å². The second-order valence-corrected chi connectivity index (χ2v) is 4.78. The molecule has 0 spiro atoms. The summed E-state index contributed by atoms with van der Waals surface area (Å²) in [5.41, 5.74) is 1.21. The SMILES string of the molecule is CCC(C)CN(C)c1ccc(C(C)O)cc1F. The van der Waals surface area contributed by atoms with Crippen LogP contribution >= 0.6 is 0 Å². The normalized spacial score (nSPS) is 14.5. The van der Waals surface area contributed by atoms with Crippen LogP contribution in [0.2, 0.25) is 0 Å². The molecule has 1 aromatic rings. The smallest absolute Gasteiger partial charge is 0.146 e. The number of hydrogen-bond acceptors (Lipinski definition) is 2. The summed E-state index contributed by atoms with van der Waals surface area (Å²) in [6.45, 7) is 6.75. The zero-order chi connectivity index (χ0) is 13.0. The number of benzene rings is 1. The maximum Gasteiger partial charge on any atom is 0.146 e. The Labute approximate surface area is 103 Å². The first-order chi connectivity index (χ1) is 7.95. The summed E-state index contributed by atoms with van der Waals surface area (Å²) in [6.07, 6.45) is 0.455. The lowest BCUT2D eigenvalue weighted by Gasteiger charge is -2.23. The second kappa shape index (κ2) is 6.01. The van der Waals surface area contributed by atoms with Crippen molar-refractivity contribution < 1.29 is 9.50 Å². The third kappa shape index (κ3) is 3.70. The summed E-state index contributed by atoms with van der Waals surface area (Å²) < 4.78 is 13.9. The molecule has 1 N–H and O–H groups in total. The predicted molar refractivity (Wildman–Crippen MR) is 69.8 cm³/mol. The molecule has 0 aliphatic rings. The van der Waals surface area contributed by atoms with Crippen LogP contribution in [-0.4, -0.2) is 18.7 Å². The monoisotopic (exact) mass is 239 g/mol. The Morgan fingerprint density at radius 3 is 2.47 bits per heavy atom. The van der Waals surface area contributed by atoms with Gasteiger partial charge < -0.3 is 10.0 Å². The molecule has 17 heavy (non-hydrogen) atoms. The molecule has 0 aromatic heterocycles. The molecule has 3 heteroatoms. The van der Waals surface area contributed by atoms with Gasteiger partial charge in [0, 0.05) is 13.6 Å². The van der Waals surface area contributed by atoms with Crippen LogP contribution in [0.15, 0.2) is 18.2 Å². The number of halogens is 1. The Morgan fingerprint density at radius 2 is 2.00 bits per heavy atom. The van der Waals surface area contributed by atoms with Crippen molar-refractivity contribution in [1.82, 2.24) is 0 Å². The maximum absolute atomic E-state index is 13.9. The van der Waals surface area contributed by atoms with E-state index in [0.717, 1.165) is 13.0 Å². The van der Waals surface area contributed by atoms with Gasteiger partial charge in [-0.2, -0.15) is 0 Å². The highest BCUT2D eigenvalue weighted by Crippen LogP contribution is 2.23. The molecular formula is C14H22FNO. The lowest BCUT2D eigenvalue weighted by atomic mass is 10.1. The molecule has 0 amide bonds. The number of aliphatic hydroxyl groups excluding tert-OH is 1. The molecule has 2 unspecified atom stereocenters. The standard InChI is InChI=1S/C14H22FNO/c1-5-10(2)9-16(4)14-7-6-12(11(3)17)8-13(14)15/h6-8,10-11,17H,5,9H2,1-4H3. The van der Waals surface area contributed by atoms with Gasteiger partial charge in [0.1, 0.15) is 5.82 Å². The van der Waals surface area contributed by atoms with Gasteiger partial charge in [-0.15, -0.1) is 0 Å². The van der Waals surface area contributed by atoms with Gasteiger partial charge in [-0.1, -0.05) is 26.3 Å². The fourth-order valence-corrected chi connectivity index (χ4v) is 1.79. The van der Waals surface area contributed by atoms with E-state index < -0.39 is 6.10 Å². The van der Waals surface area contributed by atoms with Gasteiger partial charge in [0.15, 0.2) is 0 Å². The number of anilines is 1. The van der Waals surface area contributed by atoms with Crippen molar-refractivity contribution in [3.05, 3.63) is 29.6 Å². The minimum Gasteiger partial charge on any atom is -0.389 e. The van der Waals surface area contributed by atoms with Gasteiger partial charge in [0.05, 0.1) is 11.8 Å². The quantitative estimate of drug-likeness (QED) is 0.851. The third-order valence-corrected chi connectivity index (χ3v) is 3.15. The summed E-state index contributed by atoms with van der Waals surface area (Å²) >= 11 is 0. The van der Waals surface area contributed by atoms with Crippen LogP contribution in [0.3, 0.4) is 0 Å². The van der Waals surface area contributed by atoms with E-state index in [1.807, 2.05) is 11.9 Å². The van der Waals surface area contributed by atoms with Crippen LogP contribution in [0.25, 0.3) is 0 Å². The van der Waals surface area contributed by atoms with Gasteiger partial charge >= 0.3 is 0 Å². The molecule has 96 valence electrons. The summed E-state index contributed by atoms with van der Waals surface area (Å²) in [4.78, 5) is 1.93. The molecule has 0 aliphatic heterocycles. The molecular weight excluding hydrogens is 217 g/mol. The third-order valence-electron chi connectivity index (χ3n) is 3.15. The van der Waals surface area contributed by atoms with Crippen molar-refractivity contribution in [3.8, 4) is 0 Å². The maximum atomic E-state index is 13.9. The molecule has 1 rings (SSSR count). The van der Waals surface area contributed by atoms with Crippen LogP contribution in [0.4, 0.5) is 10.1 Å². The molecule has 2 atom stereocenters. The fraction of sp³-hybridized carbons (Fsp3) is 0.571.